The molecule has 31 heavy (non-hydrogen) atoms. The van der Waals surface area contributed by atoms with Crippen molar-refractivity contribution >= 4 is 32.1 Å². The Morgan fingerprint density at radius 2 is 0.645 bits per heavy atom. The van der Waals surface area contributed by atoms with Crippen LogP contribution in [0.1, 0.15) is 35.1 Å². The summed E-state index contributed by atoms with van der Waals surface area (Å²) < 4.78 is 3.34. The first-order chi connectivity index (χ1) is 15.4. The first kappa shape index (κ1) is 20.1. The van der Waals surface area contributed by atoms with Crippen LogP contribution in [0.5, 0.6) is 0 Å². The predicted molar refractivity (Wildman–Crippen MR) is 133 cm³/mol. The van der Waals surface area contributed by atoms with Crippen LogP contribution in [0.2, 0.25) is 0 Å². The Balaban J connectivity index is 1.66. The van der Waals surface area contributed by atoms with Gasteiger partial charge in [-0.05, 0) is 0 Å². The van der Waals surface area contributed by atoms with Crippen molar-refractivity contribution < 1.29 is 0 Å². The third-order valence-corrected chi connectivity index (χ3v) is 9.37. The molecule has 5 rings (SSSR count). The second-order valence-electron chi connectivity index (χ2n) is 7.66. The van der Waals surface area contributed by atoms with E-state index in [2.05, 4.69) is 121 Å². The number of benzene rings is 4. The molecule has 150 valence electrons. The monoisotopic (exact) mass is 514 g/mol. The number of hydrogen-bond acceptors (Lipinski definition) is 0. The van der Waals surface area contributed by atoms with E-state index in [1.165, 1.54) is 46.2 Å². The van der Waals surface area contributed by atoms with Gasteiger partial charge in [-0.3, -0.25) is 0 Å². The summed E-state index contributed by atoms with van der Waals surface area (Å²) in [5.41, 5.74) is 8.29. The Morgan fingerprint density at radius 1 is 0.387 bits per heavy atom. The normalized spacial score (nSPS) is 13.3. The minimum absolute atomic E-state index is 0.439. The quantitative estimate of drug-likeness (QED) is 0.250. The zero-order valence-electron chi connectivity index (χ0n) is 17.4. The molecule has 0 radical (unpaired) electrons. The van der Waals surface area contributed by atoms with E-state index in [0.29, 0.717) is 0 Å². The van der Waals surface area contributed by atoms with Crippen molar-refractivity contribution in [3.8, 4) is 0 Å². The molecule has 1 saturated heterocycles. The van der Waals surface area contributed by atoms with Crippen LogP contribution < -0.4 is 0 Å². The van der Waals surface area contributed by atoms with Crippen LogP contribution in [0.15, 0.2) is 129 Å². The molecule has 4 aromatic carbocycles. The molecule has 0 saturated carbocycles. The zero-order chi connectivity index (χ0) is 20.9. The van der Waals surface area contributed by atoms with E-state index in [4.69, 9.17) is 0 Å². The average Bonchev–Trinajstić information content (AvgIpc) is 3.31. The maximum absolute atomic E-state index is 2.26. The van der Waals surface area contributed by atoms with Crippen LogP contribution in [-0.2, 0) is 0 Å². The van der Waals surface area contributed by atoms with Crippen molar-refractivity contribution in [1.82, 2.24) is 0 Å². The maximum atomic E-state index is 2.26. The fourth-order valence-electron chi connectivity index (χ4n) is 4.23. The van der Waals surface area contributed by atoms with E-state index in [-0.39, 0.29) is 0 Å². The van der Waals surface area contributed by atoms with Crippen molar-refractivity contribution in [1.29, 1.82) is 0 Å². The molecule has 4 aromatic rings. The van der Waals surface area contributed by atoms with Gasteiger partial charge in [-0.1, -0.05) is 0 Å². The Morgan fingerprint density at radius 3 is 0.903 bits per heavy atom. The summed E-state index contributed by atoms with van der Waals surface area (Å²) in [6.07, 6.45) is 2.33. The van der Waals surface area contributed by atoms with Crippen molar-refractivity contribution in [2.75, 3.05) is 0 Å². The molecular formula is C30H24Te. The van der Waals surface area contributed by atoms with E-state index in [0.717, 1.165) is 0 Å². The summed E-state index contributed by atoms with van der Waals surface area (Å²) >= 11 is -0.439. The van der Waals surface area contributed by atoms with Crippen molar-refractivity contribution in [2.45, 2.75) is 12.8 Å². The first-order valence-electron chi connectivity index (χ1n) is 10.8. The molecule has 0 spiro atoms. The molecule has 1 fully saturated rings. The molecule has 1 heteroatoms. The van der Waals surface area contributed by atoms with E-state index in [1.807, 2.05) is 0 Å². The second kappa shape index (κ2) is 9.52. The zero-order valence-corrected chi connectivity index (χ0v) is 19.7. The molecule has 0 aliphatic carbocycles. The second-order valence-corrected chi connectivity index (χ2v) is 11.1. The standard InChI is InChI=1S/C30H24Te/c1-5-13-23(14-6-1)29(24-15-7-2-8-16-24)27-21-22-28(31-27)30(25-17-9-3-10-18-25)26-19-11-4-12-20-26/h1-20H,21-22H2. The summed E-state index contributed by atoms with van der Waals surface area (Å²) in [7, 11) is 0. The number of rotatable bonds is 4. The molecule has 0 aromatic heterocycles. The minimum atomic E-state index is -0.439. The molecule has 0 nitrogen and oxygen atoms in total. The molecule has 0 bridgehead atoms. The van der Waals surface area contributed by atoms with Crippen molar-refractivity contribution in [2.24, 2.45) is 0 Å². The number of hydrogen-bond donors (Lipinski definition) is 0. The van der Waals surface area contributed by atoms with Gasteiger partial charge in [0.25, 0.3) is 0 Å². The molecule has 0 N–H and O–H groups in total. The van der Waals surface area contributed by atoms with Gasteiger partial charge < -0.3 is 0 Å². The SMILES string of the molecule is c1ccc(C(=C2CCC(=C(c3ccccc3)c3ccccc3)[Te]2)c2ccccc2)cc1. The number of allylic oxidation sites excluding steroid dienone is 2. The fourth-order valence-corrected chi connectivity index (χ4v) is 8.17. The Hall–Kier alpha value is -2.85. The molecule has 0 atom stereocenters. The van der Waals surface area contributed by atoms with E-state index < -0.39 is 20.9 Å². The Bertz CT molecular complexity index is 1020. The van der Waals surface area contributed by atoms with Gasteiger partial charge in [-0.25, -0.2) is 0 Å². The third-order valence-electron chi connectivity index (χ3n) is 5.63. The van der Waals surface area contributed by atoms with Gasteiger partial charge in [0.05, 0.1) is 0 Å². The van der Waals surface area contributed by atoms with Crippen LogP contribution in [0.25, 0.3) is 11.1 Å². The molecule has 1 aliphatic heterocycles. The van der Waals surface area contributed by atoms with Gasteiger partial charge in [0.2, 0.25) is 0 Å². The predicted octanol–water partition coefficient (Wildman–Crippen LogP) is 7.40. The average molecular weight is 512 g/mol. The first-order valence-corrected chi connectivity index (χ1v) is 13.1. The fraction of sp³-hybridized carbons (Fsp3) is 0.0667. The third kappa shape index (κ3) is 4.45. The van der Waals surface area contributed by atoms with Crippen LogP contribution in [0.4, 0.5) is 0 Å². The van der Waals surface area contributed by atoms with E-state index >= 15 is 0 Å². The topological polar surface area (TPSA) is 0 Å². The van der Waals surface area contributed by atoms with Gasteiger partial charge in [0, 0.05) is 0 Å². The van der Waals surface area contributed by atoms with Gasteiger partial charge >= 0.3 is 196 Å². The van der Waals surface area contributed by atoms with Crippen molar-refractivity contribution in [3.63, 3.8) is 0 Å². The molecular weight excluding hydrogens is 488 g/mol. The summed E-state index contributed by atoms with van der Waals surface area (Å²) in [5.74, 6) is 0. The Labute approximate surface area is 195 Å². The molecule has 1 heterocycles. The van der Waals surface area contributed by atoms with Gasteiger partial charge in [0.15, 0.2) is 0 Å². The van der Waals surface area contributed by atoms with Crippen molar-refractivity contribution in [3.05, 3.63) is 151 Å². The van der Waals surface area contributed by atoms with E-state index in [1.54, 1.807) is 7.24 Å². The summed E-state index contributed by atoms with van der Waals surface area (Å²) in [6.45, 7) is 0. The van der Waals surface area contributed by atoms with Crippen LogP contribution in [0, 0.1) is 0 Å². The van der Waals surface area contributed by atoms with Gasteiger partial charge in [-0.2, -0.15) is 0 Å². The van der Waals surface area contributed by atoms with Crippen LogP contribution >= 0.6 is 0 Å². The molecule has 0 amide bonds. The summed E-state index contributed by atoms with van der Waals surface area (Å²) in [6, 6.07) is 43.8. The van der Waals surface area contributed by atoms with Gasteiger partial charge in [-0.15, -0.1) is 0 Å². The van der Waals surface area contributed by atoms with Crippen LogP contribution in [0.3, 0.4) is 0 Å². The van der Waals surface area contributed by atoms with Gasteiger partial charge in [0.1, 0.15) is 0 Å². The molecule has 1 aliphatic rings. The molecule has 0 unspecified atom stereocenters. The van der Waals surface area contributed by atoms with E-state index in [9.17, 15) is 0 Å². The van der Waals surface area contributed by atoms with Crippen LogP contribution in [-0.4, -0.2) is 20.9 Å². The Kier molecular flexibility index (Phi) is 6.17. The summed E-state index contributed by atoms with van der Waals surface area (Å²) in [5, 5.41) is 0. The summed E-state index contributed by atoms with van der Waals surface area (Å²) in [4.78, 5) is 0.